The van der Waals surface area contributed by atoms with Gasteiger partial charge in [0.05, 0.1) is 5.69 Å². The molecule has 1 aliphatic rings. The lowest BCUT2D eigenvalue weighted by Crippen LogP contribution is -2.24. The summed E-state index contributed by atoms with van der Waals surface area (Å²) in [6, 6.07) is 0. The SMILES string of the molecule is CC.Cc1nn(C)c2c1CNCC2. The number of hydrogen-bond donors (Lipinski definition) is 1. The van der Waals surface area contributed by atoms with Crippen LogP contribution in [0.2, 0.25) is 0 Å². The monoisotopic (exact) mass is 181 g/mol. The highest BCUT2D eigenvalue weighted by Gasteiger charge is 2.15. The Balaban J connectivity index is 0.000000396. The molecule has 3 nitrogen and oxygen atoms in total. The molecule has 0 unspecified atom stereocenters. The van der Waals surface area contributed by atoms with E-state index >= 15 is 0 Å². The van der Waals surface area contributed by atoms with E-state index in [0.717, 1.165) is 19.5 Å². The zero-order valence-corrected chi connectivity index (χ0v) is 9.02. The highest BCUT2D eigenvalue weighted by atomic mass is 15.3. The van der Waals surface area contributed by atoms with Gasteiger partial charge in [0.25, 0.3) is 0 Å². The summed E-state index contributed by atoms with van der Waals surface area (Å²) in [5, 5.41) is 7.71. The van der Waals surface area contributed by atoms with Crippen molar-refractivity contribution in [2.45, 2.75) is 33.7 Å². The summed E-state index contributed by atoms with van der Waals surface area (Å²) in [6.45, 7) is 8.16. The molecule has 0 amide bonds. The molecular weight excluding hydrogens is 162 g/mol. The first-order chi connectivity index (χ1) is 6.29. The van der Waals surface area contributed by atoms with Crippen LogP contribution in [0.4, 0.5) is 0 Å². The zero-order chi connectivity index (χ0) is 9.84. The average molecular weight is 181 g/mol. The van der Waals surface area contributed by atoms with Crippen molar-refractivity contribution in [2.24, 2.45) is 7.05 Å². The van der Waals surface area contributed by atoms with Gasteiger partial charge in [-0.05, 0) is 6.92 Å². The van der Waals surface area contributed by atoms with Crippen LogP contribution in [0, 0.1) is 6.92 Å². The number of nitrogens with zero attached hydrogens (tertiary/aromatic N) is 2. The number of aromatic nitrogens is 2. The topological polar surface area (TPSA) is 29.9 Å². The summed E-state index contributed by atoms with van der Waals surface area (Å²) >= 11 is 0. The molecule has 0 bridgehead atoms. The van der Waals surface area contributed by atoms with Gasteiger partial charge in [0, 0.05) is 37.8 Å². The average Bonchev–Trinajstić information content (AvgIpc) is 2.47. The van der Waals surface area contributed by atoms with Crippen LogP contribution in [0.3, 0.4) is 0 Å². The van der Waals surface area contributed by atoms with Crippen molar-refractivity contribution in [3.8, 4) is 0 Å². The summed E-state index contributed by atoms with van der Waals surface area (Å²) in [7, 11) is 2.02. The molecule has 0 radical (unpaired) electrons. The van der Waals surface area contributed by atoms with E-state index < -0.39 is 0 Å². The smallest absolute Gasteiger partial charge is 0.0641 e. The number of hydrogen-bond acceptors (Lipinski definition) is 2. The van der Waals surface area contributed by atoms with E-state index in [9.17, 15) is 0 Å². The Labute approximate surface area is 80.1 Å². The maximum absolute atomic E-state index is 4.37. The van der Waals surface area contributed by atoms with Gasteiger partial charge >= 0.3 is 0 Å². The molecule has 0 spiro atoms. The molecule has 74 valence electrons. The molecule has 13 heavy (non-hydrogen) atoms. The van der Waals surface area contributed by atoms with Gasteiger partial charge in [0.1, 0.15) is 0 Å². The molecule has 1 aliphatic heterocycles. The minimum absolute atomic E-state index is 0.995. The molecule has 0 saturated heterocycles. The first-order valence-electron chi connectivity index (χ1n) is 5.01. The molecule has 2 rings (SSSR count). The van der Waals surface area contributed by atoms with Crippen LogP contribution >= 0.6 is 0 Å². The Morgan fingerprint density at radius 2 is 2.08 bits per heavy atom. The van der Waals surface area contributed by atoms with Crippen LogP contribution in [0.5, 0.6) is 0 Å². The van der Waals surface area contributed by atoms with Gasteiger partial charge in [0.2, 0.25) is 0 Å². The molecule has 0 aliphatic carbocycles. The third-order valence-corrected chi connectivity index (χ3v) is 2.32. The van der Waals surface area contributed by atoms with Crippen LogP contribution in [-0.4, -0.2) is 16.3 Å². The lowest BCUT2D eigenvalue weighted by atomic mass is 10.1. The first kappa shape index (κ1) is 10.3. The summed E-state index contributed by atoms with van der Waals surface area (Å²) in [5.41, 5.74) is 3.98. The molecule has 0 atom stereocenters. The van der Waals surface area contributed by atoms with Gasteiger partial charge in [-0.1, -0.05) is 13.8 Å². The van der Waals surface area contributed by atoms with Crippen LogP contribution in [0.25, 0.3) is 0 Å². The third-order valence-electron chi connectivity index (χ3n) is 2.32. The van der Waals surface area contributed by atoms with E-state index in [4.69, 9.17) is 0 Å². The molecule has 0 saturated carbocycles. The molecule has 0 aromatic carbocycles. The van der Waals surface area contributed by atoms with Crippen molar-refractivity contribution >= 4 is 0 Å². The minimum atomic E-state index is 0.995. The Hall–Kier alpha value is -0.830. The van der Waals surface area contributed by atoms with Gasteiger partial charge in [-0.3, -0.25) is 4.68 Å². The Kier molecular flexibility index (Phi) is 3.48. The van der Waals surface area contributed by atoms with Crippen molar-refractivity contribution in [3.05, 3.63) is 17.0 Å². The standard InChI is InChI=1S/C8H13N3.C2H6/c1-6-7-5-9-4-3-8(7)11(2)10-6;1-2/h9H,3-5H2,1-2H3;1-2H3. The minimum Gasteiger partial charge on any atom is -0.312 e. The second kappa shape index (κ2) is 4.42. The van der Waals surface area contributed by atoms with E-state index in [2.05, 4.69) is 17.3 Å². The van der Waals surface area contributed by atoms with Crippen molar-refractivity contribution in [2.75, 3.05) is 6.54 Å². The maximum Gasteiger partial charge on any atom is 0.0641 e. The molecular formula is C10H19N3. The summed E-state index contributed by atoms with van der Waals surface area (Å²) in [4.78, 5) is 0. The van der Waals surface area contributed by atoms with Crippen LogP contribution in [0.15, 0.2) is 0 Å². The number of rotatable bonds is 0. The van der Waals surface area contributed by atoms with Crippen LogP contribution in [0.1, 0.15) is 30.8 Å². The van der Waals surface area contributed by atoms with Crippen molar-refractivity contribution in [3.63, 3.8) is 0 Å². The molecule has 1 aromatic heterocycles. The fourth-order valence-electron chi connectivity index (χ4n) is 1.71. The van der Waals surface area contributed by atoms with Crippen molar-refractivity contribution < 1.29 is 0 Å². The largest absolute Gasteiger partial charge is 0.312 e. The van der Waals surface area contributed by atoms with Crippen molar-refractivity contribution in [1.82, 2.24) is 15.1 Å². The lowest BCUT2D eigenvalue weighted by Gasteiger charge is -2.13. The maximum atomic E-state index is 4.37. The summed E-state index contributed by atoms with van der Waals surface area (Å²) in [5.74, 6) is 0. The number of fused-ring (bicyclic) bond motifs is 1. The van der Waals surface area contributed by atoms with Crippen molar-refractivity contribution in [1.29, 1.82) is 0 Å². The Morgan fingerprint density at radius 3 is 2.69 bits per heavy atom. The fourth-order valence-corrected chi connectivity index (χ4v) is 1.71. The van der Waals surface area contributed by atoms with Gasteiger partial charge in [-0.25, -0.2) is 0 Å². The fraction of sp³-hybridized carbons (Fsp3) is 0.700. The normalized spacial score (nSPS) is 14.5. The van der Waals surface area contributed by atoms with E-state index in [1.807, 2.05) is 25.6 Å². The first-order valence-corrected chi connectivity index (χ1v) is 5.01. The quantitative estimate of drug-likeness (QED) is 0.655. The summed E-state index contributed by atoms with van der Waals surface area (Å²) < 4.78 is 2.01. The van der Waals surface area contributed by atoms with Gasteiger partial charge < -0.3 is 5.32 Å². The van der Waals surface area contributed by atoms with E-state index in [1.165, 1.54) is 17.0 Å². The lowest BCUT2D eigenvalue weighted by molar-refractivity contribution is 0.604. The van der Waals surface area contributed by atoms with Gasteiger partial charge in [0.15, 0.2) is 0 Å². The van der Waals surface area contributed by atoms with E-state index in [-0.39, 0.29) is 0 Å². The van der Waals surface area contributed by atoms with E-state index in [1.54, 1.807) is 0 Å². The Bertz CT molecular complexity index is 249. The molecule has 0 fully saturated rings. The molecule has 1 N–H and O–H groups in total. The summed E-state index contributed by atoms with van der Waals surface area (Å²) in [6.07, 6.45) is 1.12. The molecule has 1 aromatic rings. The van der Waals surface area contributed by atoms with Crippen LogP contribution < -0.4 is 5.32 Å². The highest BCUT2D eigenvalue weighted by molar-refractivity contribution is 5.27. The van der Waals surface area contributed by atoms with Crippen LogP contribution in [-0.2, 0) is 20.0 Å². The highest BCUT2D eigenvalue weighted by Crippen LogP contribution is 2.15. The second-order valence-electron chi connectivity index (χ2n) is 3.06. The Morgan fingerprint density at radius 1 is 1.38 bits per heavy atom. The third kappa shape index (κ3) is 1.91. The number of aryl methyl sites for hydroxylation is 2. The molecule has 2 heterocycles. The zero-order valence-electron chi connectivity index (χ0n) is 9.02. The van der Waals surface area contributed by atoms with Gasteiger partial charge in [-0.2, -0.15) is 5.10 Å². The van der Waals surface area contributed by atoms with E-state index in [0.29, 0.717) is 0 Å². The second-order valence-corrected chi connectivity index (χ2v) is 3.06. The molecule has 3 heteroatoms. The van der Waals surface area contributed by atoms with Gasteiger partial charge in [-0.15, -0.1) is 0 Å². The predicted molar refractivity (Wildman–Crippen MR) is 54.7 cm³/mol. The predicted octanol–water partition coefficient (Wildman–Crippen LogP) is 1.40. The number of nitrogens with one attached hydrogen (secondary N) is 1.